The van der Waals surface area contributed by atoms with Crippen molar-refractivity contribution < 1.29 is 13.9 Å². The average molecular weight is 395 g/mol. The molecule has 4 N–H and O–H groups in total. The number of hydrogen-bond donors (Lipinski definition) is 3. The molecular weight excluding hydrogens is 377 g/mol. The number of nitriles is 1. The lowest BCUT2D eigenvalue weighted by Crippen LogP contribution is -2.43. The van der Waals surface area contributed by atoms with Crippen LogP contribution in [0.1, 0.15) is 18.5 Å². The number of anilines is 2. The first-order chi connectivity index (χ1) is 14.1. The number of ether oxygens (including phenoxy) is 2. The molecule has 29 heavy (non-hydrogen) atoms. The molecule has 1 saturated carbocycles. The SMILES string of the molecule is COc1cc(F)cc(O[C@H]2C[C@H](N)C2)c1-c1cc(Nc2cnc(C#N)cn2)n[nH]1. The largest absolute Gasteiger partial charge is 0.496 e. The summed E-state index contributed by atoms with van der Waals surface area (Å²) in [4.78, 5) is 8.04. The van der Waals surface area contributed by atoms with Gasteiger partial charge < -0.3 is 20.5 Å². The lowest BCUT2D eigenvalue weighted by atomic mass is 9.90. The third kappa shape index (κ3) is 3.95. The first-order valence-corrected chi connectivity index (χ1v) is 8.90. The van der Waals surface area contributed by atoms with E-state index in [1.54, 1.807) is 6.07 Å². The zero-order chi connectivity index (χ0) is 20.4. The van der Waals surface area contributed by atoms with E-state index in [0.29, 0.717) is 47.2 Å². The van der Waals surface area contributed by atoms with Gasteiger partial charge in [0.2, 0.25) is 0 Å². The second-order valence-corrected chi connectivity index (χ2v) is 6.64. The van der Waals surface area contributed by atoms with Crippen molar-refractivity contribution in [2.45, 2.75) is 25.0 Å². The van der Waals surface area contributed by atoms with Crippen molar-refractivity contribution in [2.75, 3.05) is 12.4 Å². The number of benzene rings is 1. The van der Waals surface area contributed by atoms with Gasteiger partial charge in [-0.3, -0.25) is 5.10 Å². The molecule has 0 radical (unpaired) electrons. The number of rotatable bonds is 6. The van der Waals surface area contributed by atoms with Gasteiger partial charge in [-0.05, 0) is 12.8 Å². The number of methoxy groups -OCH3 is 1. The van der Waals surface area contributed by atoms with E-state index in [0.717, 1.165) is 0 Å². The smallest absolute Gasteiger partial charge is 0.158 e. The molecule has 1 aliphatic rings. The van der Waals surface area contributed by atoms with Crippen LogP contribution >= 0.6 is 0 Å². The molecule has 3 aromatic rings. The Morgan fingerprint density at radius 2 is 2.00 bits per heavy atom. The van der Waals surface area contributed by atoms with Gasteiger partial charge in [-0.1, -0.05) is 0 Å². The maximum Gasteiger partial charge on any atom is 0.158 e. The molecule has 4 rings (SSSR count). The number of nitrogens with zero attached hydrogens (tertiary/aromatic N) is 4. The second-order valence-electron chi connectivity index (χ2n) is 6.64. The van der Waals surface area contributed by atoms with Gasteiger partial charge in [0.05, 0.1) is 30.8 Å². The number of halogens is 1. The topological polar surface area (TPSA) is 135 Å². The van der Waals surface area contributed by atoms with Crippen LogP contribution in [0, 0.1) is 17.1 Å². The third-order valence-electron chi connectivity index (χ3n) is 4.55. The highest BCUT2D eigenvalue weighted by atomic mass is 19.1. The molecule has 0 aliphatic heterocycles. The molecule has 2 aromatic heterocycles. The maximum absolute atomic E-state index is 14.1. The number of hydrogen-bond acceptors (Lipinski definition) is 8. The monoisotopic (exact) mass is 395 g/mol. The number of nitrogens with one attached hydrogen (secondary N) is 2. The Morgan fingerprint density at radius 1 is 1.21 bits per heavy atom. The highest BCUT2D eigenvalue weighted by Gasteiger charge is 2.29. The van der Waals surface area contributed by atoms with Crippen molar-refractivity contribution >= 4 is 11.6 Å². The molecule has 1 aromatic carbocycles. The fraction of sp³-hybridized carbons (Fsp3) is 0.263. The summed E-state index contributed by atoms with van der Waals surface area (Å²) in [5.74, 6) is 1.09. The molecule has 0 spiro atoms. The van der Waals surface area contributed by atoms with Gasteiger partial charge in [0.25, 0.3) is 0 Å². The third-order valence-corrected chi connectivity index (χ3v) is 4.55. The summed E-state index contributed by atoms with van der Waals surface area (Å²) in [5, 5.41) is 18.9. The van der Waals surface area contributed by atoms with Gasteiger partial charge in [-0.25, -0.2) is 14.4 Å². The lowest BCUT2D eigenvalue weighted by Gasteiger charge is -2.33. The van der Waals surface area contributed by atoms with Crippen molar-refractivity contribution in [2.24, 2.45) is 5.73 Å². The van der Waals surface area contributed by atoms with Crippen molar-refractivity contribution in [1.82, 2.24) is 20.2 Å². The first-order valence-electron chi connectivity index (χ1n) is 8.90. The van der Waals surface area contributed by atoms with Gasteiger partial charge in [0, 0.05) is 24.2 Å². The predicted molar refractivity (Wildman–Crippen MR) is 102 cm³/mol. The lowest BCUT2D eigenvalue weighted by molar-refractivity contribution is 0.101. The van der Waals surface area contributed by atoms with Crippen LogP contribution in [0.3, 0.4) is 0 Å². The summed E-state index contributed by atoms with van der Waals surface area (Å²) in [7, 11) is 1.46. The van der Waals surface area contributed by atoms with E-state index in [2.05, 4.69) is 25.5 Å². The van der Waals surface area contributed by atoms with Gasteiger partial charge in [-0.15, -0.1) is 0 Å². The molecule has 0 saturated heterocycles. The molecule has 10 heteroatoms. The van der Waals surface area contributed by atoms with Crippen molar-refractivity contribution in [3.05, 3.63) is 42.1 Å². The van der Waals surface area contributed by atoms with E-state index in [4.69, 9.17) is 20.5 Å². The molecule has 0 unspecified atom stereocenters. The highest BCUT2D eigenvalue weighted by molar-refractivity contribution is 5.76. The maximum atomic E-state index is 14.1. The summed E-state index contributed by atoms with van der Waals surface area (Å²) in [6.45, 7) is 0. The van der Waals surface area contributed by atoms with Crippen LogP contribution in [0.4, 0.5) is 16.0 Å². The number of H-pyrrole nitrogens is 1. The highest BCUT2D eigenvalue weighted by Crippen LogP contribution is 2.41. The standard InChI is InChI=1S/C19H18FN7O2/c1-28-15-2-10(20)3-16(29-13-4-11(22)5-13)19(15)14-6-17(27-26-14)25-18-9-23-12(7-21)8-24-18/h2-3,6,8-9,11,13H,4-5,22H2,1H3,(H2,24,25,26,27)/t11-,13-. The van der Waals surface area contributed by atoms with E-state index in [-0.39, 0.29) is 17.8 Å². The van der Waals surface area contributed by atoms with Crippen LogP contribution in [0.15, 0.2) is 30.6 Å². The first kappa shape index (κ1) is 18.6. The fourth-order valence-electron chi connectivity index (χ4n) is 3.05. The summed E-state index contributed by atoms with van der Waals surface area (Å²) in [6, 6.07) is 6.34. The molecule has 1 fully saturated rings. The van der Waals surface area contributed by atoms with Gasteiger partial charge in [-0.2, -0.15) is 10.4 Å². The normalized spacial score (nSPS) is 17.9. The minimum Gasteiger partial charge on any atom is -0.496 e. The summed E-state index contributed by atoms with van der Waals surface area (Å²) in [5.41, 5.74) is 7.17. The second kappa shape index (κ2) is 7.73. The predicted octanol–water partition coefficient (Wildman–Crippen LogP) is 2.50. The number of aromatic nitrogens is 4. The van der Waals surface area contributed by atoms with Crippen molar-refractivity contribution in [1.29, 1.82) is 5.26 Å². The molecule has 148 valence electrons. The summed E-state index contributed by atoms with van der Waals surface area (Å²) < 4.78 is 25.4. The van der Waals surface area contributed by atoms with E-state index >= 15 is 0 Å². The van der Waals surface area contributed by atoms with Crippen LogP contribution in [-0.4, -0.2) is 39.4 Å². The minimum absolute atomic E-state index is 0.0651. The zero-order valence-electron chi connectivity index (χ0n) is 15.5. The number of nitrogens with two attached hydrogens (primary N) is 1. The molecule has 0 amide bonds. The van der Waals surface area contributed by atoms with E-state index in [1.807, 2.05) is 6.07 Å². The van der Waals surface area contributed by atoms with Crippen molar-refractivity contribution in [3.63, 3.8) is 0 Å². The van der Waals surface area contributed by atoms with Crippen molar-refractivity contribution in [3.8, 4) is 28.8 Å². The van der Waals surface area contributed by atoms with Crippen LogP contribution in [0.5, 0.6) is 11.5 Å². The molecular formula is C19H18FN7O2. The molecule has 2 heterocycles. The van der Waals surface area contributed by atoms with E-state index in [1.165, 1.54) is 31.6 Å². The van der Waals surface area contributed by atoms with Crippen LogP contribution in [0.25, 0.3) is 11.3 Å². The number of aromatic amines is 1. The fourth-order valence-corrected chi connectivity index (χ4v) is 3.05. The average Bonchev–Trinajstić information content (AvgIpc) is 3.14. The zero-order valence-corrected chi connectivity index (χ0v) is 15.5. The molecule has 9 nitrogen and oxygen atoms in total. The van der Waals surface area contributed by atoms with E-state index in [9.17, 15) is 4.39 Å². The Kier molecular flexibility index (Phi) is 4.97. The Morgan fingerprint density at radius 3 is 2.66 bits per heavy atom. The Balaban J connectivity index is 1.62. The molecule has 0 bridgehead atoms. The minimum atomic E-state index is -0.463. The Hall–Kier alpha value is -3.71. The van der Waals surface area contributed by atoms with Crippen LogP contribution < -0.4 is 20.5 Å². The van der Waals surface area contributed by atoms with Gasteiger partial charge in [0.1, 0.15) is 35.3 Å². The van der Waals surface area contributed by atoms with Crippen LogP contribution in [-0.2, 0) is 0 Å². The molecule has 1 aliphatic carbocycles. The Labute approximate surface area is 165 Å². The van der Waals surface area contributed by atoms with Gasteiger partial charge in [0.15, 0.2) is 11.5 Å². The quantitative estimate of drug-likeness (QED) is 0.579. The van der Waals surface area contributed by atoms with Gasteiger partial charge >= 0.3 is 0 Å². The summed E-state index contributed by atoms with van der Waals surface area (Å²) >= 11 is 0. The Bertz CT molecular complexity index is 1060. The van der Waals surface area contributed by atoms with Crippen LogP contribution in [0.2, 0.25) is 0 Å². The summed E-state index contributed by atoms with van der Waals surface area (Å²) in [6.07, 6.45) is 4.15. The van der Waals surface area contributed by atoms with E-state index < -0.39 is 5.82 Å². The molecule has 0 atom stereocenters.